The summed E-state index contributed by atoms with van der Waals surface area (Å²) in [4.78, 5) is 47.8. The van der Waals surface area contributed by atoms with Crippen molar-refractivity contribution in [2.45, 2.75) is 212 Å². The lowest BCUT2D eigenvalue weighted by Crippen LogP contribution is -2.29. The van der Waals surface area contributed by atoms with E-state index in [0.29, 0.717) is 32.1 Å². The van der Waals surface area contributed by atoms with Crippen LogP contribution < -0.4 is 0 Å². The lowest BCUT2D eigenvalue weighted by atomic mass is 9.88. The van der Waals surface area contributed by atoms with Gasteiger partial charge in [-0.05, 0) is 57.3 Å². The minimum Gasteiger partial charge on any atom is -0.462 e. The molecular weight excluding hydrogens is 791 g/mol. The van der Waals surface area contributed by atoms with E-state index in [1.807, 2.05) is 0 Å². The number of carbonyl (C=O) groups excluding carboxylic acids is 3. The van der Waals surface area contributed by atoms with Crippen molar-refractivity contribution >= 4 is 25.5 Å². The van der Waals surface area contributed by atoms with E-state index < -0.39 is 76.5 Å². The summed E-state index contributed by atoms with van der Waals surface area (Å²) in [6, 6.07) is 0. The van der Waals surface area contributed by atoms with Crippen LogP contribution >= 0.6 is 7.82 Å². The van der Waals surface area contributed by atoms with Gasteiger partial charge in [0.1, 0.15) is 18.5 Å². The van der Waals surface area contributed by atoms with Crippen molar-refractivity contribution in [2.24, 2.45) is 11.8 Å². The van der Waals surface area contributed by atoms with Gasteiger partial charge in [-0.15, -0.1) is 0 Å². The highest BCUT2D eigenvalue weighted by molar-refractivity contribution is 7.47. The molecule has 0 bridgehead atoms. The van der Waals surface area contributed by atoms with Crippen LogP contribution in [0.3, 0.4) is 0 Å². The van der Waals surface area contributed by atoms with E-state index in [1.165, 1.54) is 57.8 Å². The molecule has 0 aromatic rings. The van der Waals surface area contributed by atoms with Gasteiger partial charge in [-0.25, -0.2) is 4.57 Å². The molecule has 1 rings (SSSR count). The van der Waals surface area contributed by atoms with Gasteiger partial charge < -0.3 is 34.8 Å². The van der Waals surface area contributed by atoms with Crippen LogP contribution in [0, 0.1) is 11.8 Å². The van der Waals surface area contributed by atoms with Crippen molar-refractivity contribution < 1.29 is 62.8 Å². The van der Waals surface area contributed by atoms with Crippen LogP contribution in [0.25, 0.3) is 0 Å². The smallest absolute Gasteiger partial charge is 0.462 e. The van der Waals surface area contributed by atoms with Gasteiger partial charge in [-0.1, -0.05) is 141 Å². The Morgan fingerprint density at radius 3 is 1.88 bits per heavy atom. The fraction of sp³-hybridized carbons (Fsp3) is 0.848. The van der Waals surface area contributed by atoms with Crippen molar-refractivity contribution in [1.29, 1.82) is 0 Å². The number of Topliss-reactive ketones (excluding diaryl/α,β-unsaturated/α-hetero) is 1. The summed E-state index contributed by atoms with van der Waals surface area (Å²) < 4.78 is 32.8. The normalized spacial score (nSPS) is 19.5. The molecule has 13 nitrogen and oxygen atoms in total. The molecule has 0 aromatic carbocycles. The van der Waals surface area contributed by atoms with Crippen molar-refractivity contribution in [1.82, 2.24) is 0 Å². The number of hydrogen-bond donors (Lipinski definition) is 5. The fourth-order valence-electron chi connectivity index (χ4n) is 7.30. The molecule has 14 heteroatoms. The number of ether oxygens (including phenoxy) is 2. The summed E-state index contributed by atoms with van der Waals surface area (Å²) in [5, 5.41) is 39.1. The van der Waals surface area contributed by atoms with Gasteiger partial charge in [0, 0.05) is 25.2 Å². The van der Waals surface area contributed by atoms with Crippen LogP contribution in [0.15, 0.2) is 24.3 Å². The molecule has 1 aliphatic carbocycles. The van der Waals surface area contributed by atoms with Crippen LogP contribution in [-0.2, 0) is 37.5 Å². The number of ketones is 1. The maximum absolute atomic E-state index is 12.7. The third kappa shape index (κ3) is 30.1. The molecule has 350 valence electrons. The zero-order valence-corrected chi connectivity index (χ0v) is 38.0. The van der Waals surface area contributed by atoms with Crippen LogP contribution in [-0.4, -0.2) is 93.9 Å². The first-order chi connectivity index (χ1) is 28.9. The lowest BCUT2D eigenvalue weighted by Gasteiger charge is -2.20. The number of esters is 2. The fourth-order valence-corrected chi connectivity index (χ4v) is 8.09. The molecule has 0 spiro atoms. The summed E-state index contributed by atoms with van der Waals surface area (Å²) >= 11 is 0. The van der Waals surface area contributed by atoms with Crippen molar-refractivity contribution in [3.8, 4) is 0 Å². The van der Waals surface area contributed by atoms with Crippen molar-refractivity contribution in [2.75, 3.05) is 26.4 Å². The maximum atomic E-state index is 12.7. The van der Waals surface area contributed by atoms with Gasteiger partial charge in [0.2, 0.25) is 0 Å². The second-order valence-corrected chi connectivity index (χ2v) is 18.0. The molecule has 0 radical (unpaired) electrons. The largest absolute Gasteiger partial charge is 0.472 e. The molecule has 1 saturated carbocycles. The first-order valence-electron chi connectivity index (χ1n) is 23.4. The molecule has 0 aromatic heterocycles. The standard InChI is InChI=1S/C46H83O13P/c1-3-5-7-8-9-10-11-12-13-14-15-16-17-18-19-20-26-30-46(53)59-40(37-58-60(54,55)57-35-39(49)34-47)36-56-45(52)29-25-22-21-24-28-41-42(44(51)33-43(41)50)32-31-38(48)27-23-6-4-2/h12-13,31-32,38-43,47-50H,3-11,14-30,33-37H2,1-2H3,(H,54,55)/b13-12-,32-31+/t38-,39-,40+,41+,42+,43-/m0/s1. The Hall–Kier alpha value is -1.96. The Labute approximate surface area is 361 Å². The molecule has 0 saturated heterocycles. The third-order valence-electron chi connectivity index (χ3n) is 11.0. The van der Waals surface area contributed by atoms with Gasteiger partial charge in [-0.2, -0.15) is 0 Å². The van der Waals surface area contributed by atoms with Crippen molar-refractivity contribution in [3.05, 3.63) is 24.3 Å². The average molecular weight is 875 g/mol. The summed E-state index contributed by atoms with van der Waals surface area (Å²) in [7, 11) is -4.68. The SMILES string of the molecule is CCCCCCCC/C=C\CCCCCCCCCC(=O)O[C@H](COC(=O)CCCCCC[C@H]1[C@@H](O)CC(=O)[C@@H]1/C=C/[C@@H](O)CCCCC)COP(=O)(O)OC[C@@H](O)CO. The Bertz CT molecular complexity index is 1210. The predicted octanol–water partition coefficient (Wildman–Crippen LogP) is 9.15. The number of carbonyl (C=O) groups is 3. The zero-order chi connectivity index (χ0) is 44.3. The number of phosphoric ester groups is 1. The summed E-state index contributed by atoms with van der Waals surface area (Å²) in [6.45, 7) is 2.02. The number of unbranched alkanes of at least 4 members (excludes halogenated alkanes) is 18. The van der Waals surface area contributed by atoms with E-state index in [0.717, 1.165) is 64.2 Å². The molecule has 0 heterocycles. The molecule has 60 heavy (non-hydrogen) atoms. The Balaban J connectivity index is 2.40. The number of phosphoric acid groups is 1. The minimum absolute atomic E-state index is 0.00907. The summed E-state index contributed by atoms with van der Waals surface area (Å²) in [5.74, 6) is -1.70. The average Bonchev–Trinajstić information content (AvgIpc) is 3.49. The lowest BCUT2D eigenvalue weighted by molar-refractivity contribution is -0.161. The predicted molar refractivity (Wildman–Crippen MR) is 234 cm³/mol. The second kappa shape index (κ2) is 36.5. The number of allylic oxidation sites excluding steroid dienone is 3. The molecular formula is C46H83O13P. The van der Waals surface area contributed by atoms with E-state index in [1.54, 1.807) is 12.2 Å². The van der Waals surface area contributed by atoms with E-state index in [4.69, 9.17) is 19.1 Å². The highest BCUT2D eigenvalue weighted by Gasteiger charge is 2.39. The third-order valence-corrected chi connectivity index (χ3v) is 11.9. The quantitative estimate of drug-likeness (QED) is 0.0169. The summed E-state index contributed by atoms with van der Waals surface area (Å²) in [5.41, 5.74) is 0. The van der Waals surface area contributed by atoms with Crippen LogP contribution in [0.2, 0.25) is 0 Å². The number of aliphatic hydroxyl groups is 4. The monoisotopic (exact) mass is 875 g/mol. The minimum atomic E-state index is -4.68. The molecule has 1 aliphatic rings. The van der Waals surface area contributed by atoms with Gasteiger partial charge in [0.25, 0.3) is 0 Å². The van der Waals surface area contributed by atoms with Gasteiger partial charge >= 0.3 is 19.8 Å². The number of hydrogen-bond acceptors (Lipinski definition) is 12. The van der Waals surface area contributed by atoms with Crippen molar-refractivity contribution in [3.63, 3.8) is 0 Å². The Morgan fingerprint density at radius 2 is 1.27 bits per heavy atom. The zero-order valence-electron chi connectivity index (χ0n) is 37.1. The van der Waals surface area contributed by atoms with Crippen LogP contribution in [0.5, 0.6) is 0 Å². The number of rotatable bonds is 40. The molecule has 5 N–H and O–H groups in total. The molecule has 0 aliphatic heterocycles. The topological polar surface area (TPSA) is 206 Å². The first-order valence-corrected chi connectivity index (χ1v) is 24.9. The highest BCUT2D eigenvalue weighted by Crippen LogP contribution is 2.43. The maximum Gasteiger partial charge on any atom is 0.472 e. The first kappa shape index (κ1) is 56.1. The highest BCUT2D eigenvalue weighted by atomic mass is 31.2. The Morgan fingerprint density at radius 1 is 0.733 bits per heavy atom. The van der Waals surface area contributed by atoms with E-state index in [-0.39, 0.29) is 31.0 Å². The second-order valence-electron chi connectivity index (χ2n) is 16.6. The van der Waals surface area contributed by atoms with Gasteiger partial charge in [0.15, 0.2) is 6.10 Å². The number of aliphatic hydroxyl groups excluding tert-OH is 4. The van der Waals surface area contributed by atoms with Gasteiger partial charge in [-0.3, -0.25) is 23.4 Å². The Kier molecular flexibility index (Phi) is 34.1. The molecule has 0 amide bonds. The van der Waals surface area contributed by atoms with Crippen LogP contribution in [0.4, 0.5) is 0 Å². The van der Waals surface area contributed by atoms with E-state index >= 15 is 0 Å². The molecule has 1 fully saturated rings. The van der Waals surface area contributed by atoms with E-state index in [9.17, 15) is 39.2 Å². The van der Waals surface area contributed by atoms with E-state index in [2.05, 4.69) is 30.5 Å². The molecule has 7 atom stereocenters. The summed E-state index contributed by atoms with van der Waals surface area (Å²) in [6.07, 6.45) is 29.0. The van der Waals surface area contributed by atoms with Gasteiger partial charge in [0.05, 0.1) is 32.0 Å². The van der Waals surface area contributed by atoms with Crippen LogP contribution in [0.1, 0.15) is 187 Å². The molecule has 1 unspecified atom stereocenters.